The molecule has 1 aromatic rings. The highest BCUT2D eigenvalue weighted by Gasteiger charge is 2.36. The number of carbonyl (C=O) groups excluding carboxylic acids is 2. The molecular weight excluding hydrogens is 298 g/mol. The van der Waals surface area contributed by atoms with E-state index in [0.717, 1.165) is 5.01 Å². The van der Waals surface area contributed by atoms with Crippen molar-refractivity contribution >= 4 is 58.4 Å². The monoisotopic (exact) mass is 304 g/mol. The van der Waals surface area contributed by atoms with Gasteiger partial charge in [-0.2, -0.15) is 10.1 Å². The number of hydrazone groups is 1. The number of halogens is 3. The number of nitrogens with zero attached hydrogens (tertiary/aromatic N) is 2. The van der Waals surface area contributed by atoms with Crippen LogP contribution in [0.25, 0.3) is 0 Å². The van der Waals surface area contributed by atoms with E-state index in [0.29, 0.717) is 17.0 Å². The summed E-state index contributed by atoms with van der Waals surface area (Å²) in [5.74, 6) is -1.36. The summed E-state index contributed by atoms with van der Waals surface area (Å²) in [5, 5.41) is 5.79. The molecule has 0 spiro atoms. The number of carbonyl (C=O) groups is 2. The van der Waals surface area contributed by atoms with Crippen LogP contribution in [-0.2, 0) is 9.59 Å². The van der Waals surface area contributed by atoms with E-state index >= 15 is 0 Å². The van der Waals surface area contributed by atoms with Crippen molar-refractivity contribution in [3.05, 3.63) is 27.2 Å². The third kappa shape index (κ3) is 2.11. The number of hydrogen-bond acceptors (Lipinski definition) is 3. The quantitative estimate of drug-likeness (QED) is 0.622. The summed E-state index contributed by atoms with van der Waals surface area (Å²) in [5.41, 5.74) is 0.633. The van der Waals surface area contributed by atoms with Crippen LogP contribution in [0.2, 0.25) is 15.1 Å². The zero-order valence-corrected chi connectivity index (χ0v) is 11.4. The van der Waals surface area contributed by atoms with Gasteiger partial charge in [-0.15, -0.1) is 0 Å². The van der Waals surface area contributed by atoms with E-state index in [1.54, 1.807) is 6.92 Å². The Bertz CT molecular complexity index is 548. The van der Waals surface area contributed by atoms with Crippen LogP contribution in [0.5, 0.6) is 0 Å². The lowest BCUT2D eigenvalue weighted by Gasteiger charge is -2.16. The third-order valence-corrected chi connectivity index (χ3v) is 3.31. The van der Waals surface area contributed by atoms with E-state index < -0.39 is 11.8 Å². The van der Waals surface area contributed by atoms with Crippen LogP contribution in [0.3, 0.4) is 0 Å². The van der Waals surface area contributed by atoms with Gasteiger partial charge in [-0.05, 0) is 19.1 Å². The van der Waals surface area contributed by atoms with Gasteiger partial charge in [0.05, 0.1) is 15.8 Å². The second-order valence-corrected chi connectivity index (χ2v) is 4.97. The van der Waals surface area contributed by atoms with E-state index in [9.17, 15) is 9.59 Å². The molecule has 0 saturated heterocycles. The van der Waals surface area contributed by atoms with E-state index in [1.165, 1.54) is 12.1 Å². The number of benzene rings is 1. The molecule has 0 N–H and O–H groups in total. The molecule has 7 heteroatoms. The fourth-order valence-electron chi connectivity index (χ4n) is 1.63. The summed E-state index contributed by atoms with van der Waals surface area (Å²) in [6.45, 7) is 1.59. The maximum absolute atomic E-state index is 12.0. The second-order valence-electron chi connectivity index (χ2n) is 3.72. The van der Waals surface area contributed by atoms with Gasteiger partial charge in [0.25, 0.3) is 5.91 Å². The van der Waals surface area contributed by atoms with Crippen LogP contribution in [0.1, 0.15) is 6.92 Å². The number of amides is 1. The van der Waals surface area contributed by atoms with Crippen LogP contribution >= 0.6 is 34.8 Å². The summed E-state index contributed by atoms with van der Waals surface area (Å²) in [6, 6.07) is 2.91. The van der Waals surface area contributed by atoms with Gasteiger partial charge in [-0.25, -0.2) is 0 Å². The summed E-state index contributed by atoms with van der Waals surface area (Å²) < 4.78 is 0. The Kier molecular flexibility index (Phi) is 3.61. The molecule has 1 amide bonds. The highest BCUT2D eigenvalue weighted by molar-refractivity contribution is 6.43. The topological polar surface area (TPSA) is 49.7 Å². The minimum absolute atomic E-state index is 0.198. The average Bonchev–Trinajstić information content (AvgIpc) is 2.53. The lowest BCUT2D eigenvalue weighted by Crippen LogP contribution is -2.28. The molecule has 1 heterocycles. The van der Waals surface area contributed by atoms with Crippen molar-refractivity contribution in [2.24, 2.45) is 11.0 Å². The Morgan fingerprint density at radius 1 is 1.28 bits per heavy atom. The van der Waals surface area contributed by atoms with Crippen molar-refractivity contribution in [3.8, 4) is 0 Å². The largest absolute Gasteiger partial charge is 0.302 e. The maximum Gasteiger partial charge on any atom is 0.263 e. The van der Waals surface area contributed by atoms with Gasteiger partial charge < -0.3 is 4.79 Å². The van der Waals surface area contributed by atoms with Crippen molar-refractivity contribution in [1.29, 1.82) is 0 Å². The zero-order chi connectivity index (χ0) is 13.4. The Morgan fingerprint density at radius 2 is 1.83 bits per heavy atom. The Morgan fingerprint density at radius 3 is 2.28 bits per heavy atom. The van der Waals surface area contributed by atoms with Crippen molar-refractivity contribution < 1.29 is 9.59 Å². The maximum atomic E-state index is 12.0. The highest BCUT2D eigenvalue weighted by atomic mass is 35.5. The summed E-state index contributed by atoms with van der Waals surface area (Å²) >= 11 is 17.8. The van der Waals surface area contributed by atoms with Crippen molar-refractivity contribution in [1.82, 2.24) is 0 Å². The van der Waals surface area contributed by atoms with E-state index in [-0.39, 0.29) is 15.7 Å². The van der Waals surface area contributed by atoms with Crippen LogP contribution in [0, 0.1) is 5.92 Å². The van der Waals surface area contributed by atoms with Crippen LogP contribution in [-0.4, -0.2) is 17.9 Å². The lowest BCUT2D eigenvalue weighted by molar-refractivity contribution is -0.123. The predicted octanol–water partition coefficient (Wildman–Crippen LogP) is 3.18. The van der Waals surface area contributed by atoms with Crippen LogP contribution in [0.4, 0.5) is 5.69 Å². The Balaban J connectivity index is 2.52. The minimum Gasteiger partial charge on any atom is -0.302 e. The molecule has 0 radical (unpaired) electrons. The number of aldehydes is 1. The zero-order valence-electron chi connectivity index (χ0n) is 9.15. The molecule has 2 rings (SSSR count). The first kappa shape index (κ1) is 13.3. The van der Waals surface area contributed by atoms with Crippen LogP contribution in [0.15, 0.2) is 17.2 Å². The number of hydrogen-bond donors (Lipinski definition) is 0. The Hall–Kier alpha value is -1.10. The van der Waals surface area contributed by atoms with Gasteiger partial charge in [0, 0.05) is 5.02 Å². The summed E-state index contributed by atoms with van der Waals surface area (Å²) in [7, 11) is 0. The standard InChI is InChI=1S/C11H7Cl3N2O2/c1-5-7(4-17)11(18)16(15-5)10-8(13)2-6(12)3-9(10)14/h2-4,7H,1H3. The average molecular weight is 306 g/mol. The third-order valence-electron chi connectivity index (χ3n) is 2.51. The summed E-state index contributed by atoms with van der Waals surface area (Å²) in [4.78, 5) is 22.8. The normalized spacial score (nSPS) is 19.1. The van der Waals surface area contributed by atoms with E-state index in [2.05, 4.69) is 5.10 Å². The van der Waals surface area contributed by atoms with Gasteiger partial charge in [0.15, 0.2) is 0 Å². The molecular formula is C11H7Cl3N2O2. The number of rotatable bonds is 2. The summed E-state index contributed by atoms with van der Waals surface area (Å²) in [6.07, 6.45) is 0.541. The van der Waals surface area contributed by atoms with Crippen LogP contribution < -0.4 is 5.01 Å². The molecule has 94 valence electrons. The molecule has 0 fully saturated rings. The smallest absolute Gasteiger partial charge is 0.263 e. The van der Waals surface area contributed by atoms with Gasteiger partial charge in [-0.3, -0.25) is 4.79 Å². The predicted molar refractivity (Wildman–Crippen MR) is 71.6 cm³/mol. The molecule has 1 aromatic carbocycles. The molecule has 1 aliphatic rings. The van der Waals surface area contributed by atoms with Crippen molar-refractivity contribution in [2.45, 2.75) is 6.92 Å². The van der Waals surface area contributed by atoms with E-state index in [4.69, 9.17) is 34.8 Å². The lowest BCUT2D eigenvalue weighted by atomic mass is 10.1. The van der Waals surface area contributed by atoms with Crippen molar-refractivity contribution in [3.63, 3.8) is 0 Å². The molecule has 0 aromatic heterocycles. The highest BCUT2D eigenvalue weighted by Crippen LogP contribution is 2.38. The molecule has 18 heavy (non-hydrogen) atoms. The number of anilines is 1. The molecule has 0 saturated carbocycles. The first-order valence-corrected chi connectivity index (χ1v) is 6.08. The fourth-order valence-corrected chi connectivity index (χ4v) is 2.61. The second kappa shape index (κ2) is 4.88. The van der Waals surface area contributed by atoms with Gasteiger partial charge in [-0.1, -0.05) is 34.8 Å². The molecule has 0 aliphatic carbocycles. The first-order chi connectivity index (χ1) is 8.45. The molecule has 0 bridgehead atoms. The molecule has 1 unspecified atom stereocenters. The molecule has 4 nitrogen and oxygen atoms in total. The minimum atomic E-state index is -0.882. The Labute approximate surface area is 118 Å². The SMILES string of the molecule is CC1=NN(c2c(Cl)cc(Cl)cc2Cl)C(=O)C1C=O. The van der Waals surface area contributed by atoms with Crippen molar-refractivity contribution in [2.75, 3.05) is 5.01 Å². The molecule has 1 atom stereocenters. The first-order valence-electron chi connectivity index (χ1n) is 4.94. The van der Waals surface area contributed by atoms with Gasteiger partial charge >= 0.3 is 0 Å². The molecule has 1 aliphatic heterocycles. The van der Waals surface area contributed by atoms with Gasteiger partial charge in [0.1, 0.15) is 17.9 Å². The van der Waals surface area contributed by atoms with Gasteiger partial charge in [0.2, 0.25) is 0 Å². The van der Waals surface area contributed by atoms with E-state index in [1.807, 2.05) is 0 Å². The fraction of sp³-hybridized carbons (Fsp3) is 0.182.